The second-order valence-electron chi connectivity index (χ2n) is 2.33. The van der Waals surface area contributed by atoms with E-state index in [1.807, 2.05) is 0 Å². The standard InChI is InChI=1S/C7H5ClN3O/c1-4-6(8)7(12-11-4)5-2-3-9-10-5/h2-3H,1H3. The predicted molar refractivity (Wildman–Crippen MR) is 44.1 cm³/mol. The monoisotopic (exact) mass is 182 g/mol. The molecule has 0 atom stereocenters. The fourth-order valence-electron chi connectivity index (χ4n) is 0.872. The molecule has 5 heteroatoms. The van der Waals surface area contributed by atoms with Crippen LogP contribution in [0.2, 0.25) is 5.02 Å². The maximum atomic E-state index is 5.88. The molecule has 1 aromatic rings. The van der Waals surface area contributed by atoms with Gasteiger partial charge in [0.15, 0.2) is 0 Å². The zero-order valence-electron chi connectivity index (χ0n) is 6.28. The lowest BCUT2D eigenvalue weighted by Crippen LogP contribution is -1.92. The lowest BCUT2D eigenvalue weighted by Gasteiger charge is -1.88. The molecule has 0 unspecified atom stereocenters. The summed E-state index contributed by atoms with van der Waals surface area (Å²) in [5, 5.41) is 7.99. The molecule has 61 valence electrons. The first-order valence-electron chi connectivity index (χ1n) is 3.35. The van der Waals surface area contributed by atoms with Crippen molar-refractivity contribution in [2.24, 2.45) is 5.10 Å². The molecule has 0 fully saturated rings. The number of allylic oxidation sites excluding steroid dienone is 1. The van der Waals surface area contributed by atoms with Crippen LogP contribution in [0, 0.1) is 6.92 Å². The van der Waals surface area contributed by atoms with Gasteiger partial charge in [0.25, 0.3) is 0 Å². The van der Waals surface area contributed by atoms with E-state index in [4.69, 9.17) is 16.1 Å². The molecule has 0 spiro atoms. The quantitative estimate of drug-likeness (QED) is 0.661. The summed E-state index contributed by atoms with van der Waals surface area (Å²) in [5.41, 5.74) is 4.93. The van der Waals surface area contributed by atoms with E-state index in [2.05, 4.69) is 15.7 Å². The number of hydrogen-bond donors (Lipinski definition) is 0. The van der Waals surface area contributed by atoms with Gasteiger partial charge >= 0.3 is 0 Å². The minimum Gasteiger partial charge on any atom is -0.353 e. The second kappa shape index (κ2) is 2.64. The molecule has 0 N–H and O–H groups in total. The first-order valence-corrected chi connectivity index (χ1v) is 3.73. The average Bonchev–Trinajstić information content (AvgIpc) is 2.64. The van der Waals surface area contributed by atoms with Gasteiger partial charge < -0.3 is 4.52 Å². The van der Waals surface area contributed by atoms with E-state index in [1.165, 1.54) is 0 Å². The fraction of sp³-hybridized carbons (Fsp3) is 0.143. The van der Waals surface area contributed by atoms with Crippen LogP contribution < -0.4 is 5.43 Å². The molecule has 1 aromatic heterocycles. The highest BCUT2D eigenvalue weighted by molar-refractivity contribution is 6.35. The number of rotatable bonds is 1. The number of aromatic nitrogens is 1. The fourth-order valence-corrected chi connectivity index (χ4v) is 1.04. The largest absolute Gasteiger partial charge is 0.353 e. The third-order valence-electron chi connectivity index (χ3n) is 1.49. The minimum absolute atomic E-state index is 0.478. The van der Waals surface area contributed by atoms with Crippen molar-refractivity contribution >= 4 is 17.3 Å². The highest BCUT2D eigenvalue weighted by Crippen LogP contribution is 2.21. The third-order valence-corrected chi connectivity index (χ3v) is 1.93. The number of nitrogens with zero attached hydrogens (tertiary/aromatic N) is 3. The predicted octanol–water partition coefficient (Wildman–Crippen LogP) is 1.47. The SMILES string of the molecule is Cc1noc(C2=N[N]C=C2)c1Cl. The van der Waals surface area contributed by atoms with Gasteiger partial charge in [-0.2, -0.15) is 5.43 Å². The lowest BCUT2D eigenvalue weighted by molar-refractivity contribution is 0.409. The Morgan fingerprint density at radius 1 is 1.50 bits per heavy atom. The Bertz CT molecular complexity index is 367. The van der Waals surface area contributed by atoms with Crippen LogP contribution in [0.1, 0.15) is 11.5 Å². The molecule has 0 saturated heterocycles. The van der Waals surface area contributed by atoms with Crippen LogP contribution in [0.25, 0.3) is 0 Å². The van der Waals surface area contributed by atoms with E-state index in [-0.39, 0.29) is 0 Å². The first-order chi connectivity index (χ1) is 5.79. The maximum Gasteiger partial charge on any atom is 0.205 e. The zero-order valence-corrected chi connectivity index (χ0v) is 7.04. The Labute approximate surface area is 73.9 Å². The molecule has 1 aliphatic heterocycles. The molecule has 0 amide bonds. The Balaban J connectivity index is 2.46. The van der Waals surface area contributed by atoms with Gasteiger partial charge in [-0.15, -0.1) is 5.10 Å². The summed E-state index contributed by atoms with van der Waals surface area (Å²) in [6.07, 6.45) is 3.29. The summed E-state index contributed by atoms with van der Waals surface area (Å²) in [6.45, 7) is 1.77. The van der Waals surface area contributed by atoms with E-state index in [0.29, 0.717) is 22.2 Å². The van der Waals surface area contributed by atoms with Crippen molar-refractivity contribution in [3.05, 3.63) is 28.8 Å². The molecule has 4 nitrogen and oxygen atoms in total. The minimum atomic E-state index is 0.478. The van der Waals surface area contributed by atoms with Crippen LogP contribution >= 0.6 is 11.6 Å². The van der Waals surface area contributed by atoms with Crippen LogP contribution in [0.5, 0.6) is 0 Å². The van der Waals surface area contributed by atoms with E-state index in [9.17, 15) is 0 Å². The maximum absolute atomic E-state index is 5.88. The highest BCUT2D eigenvalue weighted by Gasteiger charge is 2.16. The molecule has 2 heterocycles. The second-order valence-corrected chi connectivity index (χ2v) is 2.71. The number of aryl methyl sites for hydroxylation is 1. The average molecular weight is 183 g/mol. The normalized spacial score (nSPS) is 14.7. The Kier molecular flexibility index (Phi) is 1.62. The van der Waals surface area contributed by atoms with E-state index in [1.54, 1.807) is 19.2 Å². The lowest BCUT2D eigenvalue weighted by atomic mass is 10.2. The van der Waals surface area contributed by atoms with Gasteiger partial charge in [-0.25, -0.2) is 0 Å². The smallest absolute Gasteiger partial charge is 0.205 e. The summed E-state index contributed by atoms with van der Waals surface area (Å²) in [7, 11) is 0. The summed E-state index contributed by atoms with van der Waals surface area (Å²) < 4.78 is 4.96. The number of halogens is 1. The third kappa shape index (κ3) is 1.00. The van der Waals surface area contributed by atoms with Crippen LogP contribution in [-0.2, 0) is 0 Å². The highest BCUT2D eigenvalue weighted by atomic mass is 35.5. The molecule has 0 bridgehead atoms. The van der Waals surface area contributed by atoms with Gasteiger partial charge in [-0.05, 0) is 13.0 Å². The molecule has 0 aliphatic carbocycles. The van der Waals surface area contributed by atoms with E-state index >= 15 is 0 Å². The zero-order chi connectivity index (χ0) is 8.55. The van der Waals surface area contributed by atoms with Crippen molar-refractivity contribution in [1.29, 1.82) is 0 Å². The molecule has 0 saturated carbocycles. The van der Waals surface area contributed by atoms with Crippen molar-refractivity contribution in [3.8, 4) is 0 Å². The Hall–Kier alpha value is -1.29. The van der Waals surface area contributed by atoms with E-state index in [0.717, 1.165) is 0 Å². The van der Waals surface area contributed by atoms with Gasteiger partial charge in [0.2, 0.25) is 5.76 Å². The molecule has 1 aliphatic rings. The van der Waals surface area contributed by atoms with Gasteiger partial charge in [-0.3, -0.25) is 0 Å². The van der Waals surface area contributed by atoms with Gasteiger partial charge in [-0.1, -0.05) is 16.8 Å². The molecular weight excluding hydrogens is 178 g/mol. The topological polar surface area (TPSA) is 52.5 Å². The van der Waals surface area contributed by atoms with Crippen molar-refractivity contribution < 1.29 is 4.52 Å². The summed E-state index contributed by atoms with van der Waals surface area (Å²) in [6, 6.07) is 0. The van der Waals surface area contributed by atoms with Gasteiger partial charge in [0.1, 0.15) is 10.7 Å². The van der Waals surface area contributed by atoms with Crippen molar-refractivity contribution in [3.63, 3.8) is 0 Å². The van der Waals surface area contributed by atoms with E-state index < -0.39 is 0 Å². The van der Waals surface area contributed by atoms with Crippen molar-refractivity contribution in [2.45, 2.75) is 6.92 Å². The van der Waals surface area contributed by atoms with Crippen molar-refractivity contribution in [2.75, 3.05) is 0 Å². The number of hydrogen-bond acceptors (Lipinski definition) is 3. The summed E-state index contributed by atoms with van der Waals surface area (Å²) in [4.78, 5) is 0. The van der Waals surface area contributed by atoms with Gasteiger partial charge in [0, 0.05) is 0 Å². The Morgan fingerprint density at radius 3 is 2.83 bits per heavy atom. The molecule has 0 aromatic carbocycles. The van der Waals surface area contributed by atoms with Gasteiger partial charge in [0.05, 0.1) is 11.9 Å². The molecule has 1 radical (unpaired) electrons. The van der Waals surface area contributed by atoms with Crippen molar-refractivity contribution in [1.82, 2.24) is 10.6 Å². The van der Waals surface area contributed by atoms with Crippen LogP contribution in [0.15, 0.2) is 21.9 Å². The Morgan fingerprint density at radius 2 is 2.33 bits per heavy atom. The van der Waals surface area contributed by atoms with Crippen LogP contribution in [0.3, 0.4) is 0 Å². The first kappa shape index (κ1) is 7.36. The molecule has 12 heavy (non-hydrogen) atoms. The van der Waals surface area contributed by atoms with Crippen LogP contribution in [0.4, 0.5) is 0 Å². The molecule has 2 rings (SSSR count). The molecular formula is C7H5ClN3O. The summed E-state index contributed by atoms with van der Waals surface area (Å²) in [5.74, 6) is 0.478. The summed E-state index contributed by atoms with van der Waals surface area (Å²) >= 11 is 5.88. The van der Waals surface area contributed by atoms with Crippen LogP contribution in [-0.4, -0.2) is 10.9 Å².